The van der Waals surface area contributed by atoms with E-state index >= 15 is 0 Å². The molecule has 2 aromatic carbocycles. The summed E-state index contributed by atoms with van der Waals surface area (Å²) in [6, 6.07) is 11.9. The first-order valence-corrected chi connectivity index (χ1v) is 7.09. The fourth-order valence-electron chi connectivity index (χ4n) is 2.74. The minimum Gasteiger partial charge on any atom is -0.325 e. The van der Waals surface area contributed by atoms with Crippen LogP contribution in [0.4, 0.5) is 5.69 Å². The van der Waals surface area contributed by atoms with Crippen molar-refractivity contribution in [2.45, 2.75) is 26.2 Å². The van der Waals surface area contributed by atoms with Crippen molar-refractivity contribution in [3.05, 3.63) is 63.7 Å². The van der Waals surface area contributed by atoms with Crippen molar-refractivity contribution in [3.8, 4) is 0 Å². The van der Waals surface area contributed by atoms with E-state index in [4.69, 9.17) is 11.6 Å². The maximum Gasteiger partial charge on any atom is 0.232 e. The molecular formula is C17H16ClNO. The van der Waals surface area contributed by atoms with Crippen LogP contribution in [-0.4, -0.2) is 5.91 Å². The van der Waals surface area contributed by atoms with Crippen LogP contribution in [0.1, 0.15) is 28.2 Å². The number of amides is 1. The number of carbonyl (C=O) groups is 1. The maximum absolute atomic E-state index is 12.2. The Bertz CT molecular complexity index is 693. The van der Waals surface area contributed by atoms with Gasteiger partial charge in [-0.25, -0.2) is 0 Å². The Morgan fingerprint density at radius 1 is 1.15 bits per heavy atom. The van der Waals surface area contributed by atoms with E-state index in [2.05, 4.69) is 37.4 Å². The van der Waals surface area contributed by atoms with E-state index in [9.17, 15) is 4.79 Å². The van der Waals surface area contributed by atoms with Crippen molar-refractivity contribution in [2.24, 2.45) is 0 Å². The smallest absolute Gasteiger partial charge is 0.232 e. The first-order valence-electron chi connectivity index (χ1n) is 6.71. The zero-order valence-electron chi connectivity index (χ0n) is 11.5. The third kappa shape index (κ3) is 2.32. The van der Waals surface area contributed by atoms with Crippen molar-refractivity contribution >= 4 is 23.2 Å². The van der Waals surface area contributed by atoms with Crippen molar-refractivity contribution in [1.29, 1.82) is 0 Å². The number of rotatable bonds is 2. The number of aryl methyl sites for hydroxylation is 2. The molecule has 0 bridgehead atoms. The fourth-order valence-corrected chi connectivity index (χ4v) is 2.92. The fraction of sp³-hybridized carbons (Fsp3) is 0.235. The van der Waals surface area contributed by atoms with E-state index in [1.54, 1.807) is 6.07 Å². The molecule has 1 aliphatic rings. The van der Waals surface area contributed by atoms with Gasteiger partial charge in [0.05, 0.1) is 5.92 Å². The molecule has 1 amide bonds. The van der Waals surface area contributed by atoms with E-state index in [-0.39, 0.29) is 11.8 Å². The van der Waals surface area contributed by atoms with Gasteiger partial charge in [-0.3, -0.25) is 4.79 Å². The number of anilines is 1. The number of hydrogen-bond donors (Lipinski definition) is 1. The van der Waals surface area contributed by atoms with E-state index in [0.29, 0.717) is 11.4 Å². The van der Waals surface area contributed by atoms with Crippen LogP contribution in [0, 0.1) is 13.8 Å². The maximum atomic E-state index is 12.2. The largest absolute Gasteiger partial charge is 0.325 e. The Morgan fingerprint density at radius 2 is 1.95 bits per heavy atom. The quantitative estimate of drug-likeness (QED) is 0.879. The summed E-state index contributed by atoms with van der Waals surface area (Å²) >= 11 is 6.06. The van der Waals surface area contributed by atoms with E-state index in [1.165, 1.54) is 16.7 Å². The minimum atomic E-state index is -0.149. The van der Waals surface area contributed by atoms with Crippen LogP contribution in [-0.2, 0) is 11.2 Å². The highest BCUT2D eigenvalue weighted by Gasteiger charge is 2.30. The SMILES string of the molecule is Cc1ccc(C)c(CC2C(=O)Nc3ccc(Cl)cc32)c1. The highest BCUT2D eigenvalue weighted by Crippen LogP contribution is 2.36. The second-order valence-corrected chi connectivity index (χ2v) is 5.84. The van der Waals surface area contributed by atoms with Gasteiger partial charge < -0.3 is 5.32 Å². The van der Waals surface area contributed by atoms with Gasteiger partial charge in [0.2, 0.25) is 5.91 Å². The van der Waals surface area contributed by atoms with E-state index < -0.39 is 0 Å². The van der Waals surface area contributed by atoms with Gasteiger partial charge in [0.1, 0.15) is 0 Å². The molecule has 3 heteroatoms. The van der Waals surface area contributed by atoms with E-state index in [1.807, 2.05) is 12.1 Å². The lowest BCUT2D eigenvalue weighted by Crippen LogP contribution is -2.14. The lowest BCUT2D eigenvalue weighted by molar-refractivity contribution is -0.117. The van der Waals surface area contributed by atoms with Gasteiger partial charge in [-0.2, -0.15) is 0 Å². The van der Waals surface area contributed by atoms with Crippen LogP contribution < -0.4 is 5.32 Å². The number of halogens is 1. The predicted molar refractivity (Wildman–Crippen MR) is 82.4 cm³/mol. The lowest BCUT2D eigenvalue weighted by atomic mass is 9.90. The first-order chi connectivity index (χ1) is 9.54. The summed E-state index contributed by atoms with van der Waals surface area (Å²) in [5.74, 6) is -0.0904. The predicted octanol–water partition coefficient (Wildman–Crippen LogP) is 4.24. The lowest BCUT2D eigenvalue weighted by Gasteiger charge is -2.12. The molecule has 0 aromatic heterocycles. The number of hydrogen-bond acceptors (Lipinski definition) is 1. The molecule has 1 atom stereocenters. The van der Waals surface area contributed by atoms with Crippen LogP contribution in [0.25, 0.3) is 0 Å². The number of nitrogens with one attached hydrogen (secondary N) is 1. The normalized spacial score (nSPS) is 16.9. The highest BCUT2D eigenvalue weighted by atomic mass is 35.5. The molecule has 0 saturated carbocycles. The topological polar surface area (TPSA) is 29.1 Å². The summed E-state index contributed by atoms with van der Waals surface area (Å²) in [5.41, 5.74) is 5.55. The summed E-state index contributed by atoms with van der Waals surface area (Å²) in [7, 11) is 0. The summed E-state index contributed by atoms with van der Waals surface area (Å²) in [5, 5.41) is 3.60. The molecule has 1 N–H and O–H groups in total. The monoisotopic (exact) mass is 285 g/mol. The summed E-state index contributed by atoms with van der Waals surface area (Å²) in [4.78, 5) is 12.2. The Hall–Kier alpha value is -1.80. The Balaban J connectivity index is 1.97. The molecule has 2 aromatic rings. The van der Waals surface area contributed by atoms with Crippen molar-refractivity contribution in [1.82, 2.24) is 0 Å². The minimum absolute atomic E-state index is 0.0585. The van der Waals surface area contributed by atoms with Gasteiger partial charge in [0, 0.05) is 10.7 Å². The van der Waals surface area contributed by atoms with Gasteiger partial charge in [-0.1, -0.05) is 35.4 Å². The van der Waals surface area contributed by atoms with Gasteiger partial charge in [-0.05, 0) is 55.2 Å². The third-order valence-corrected chi connectivity index (χ3v) is 4.13. The van der Waals surface area contributed by atoms with Crippen LogP contribution in [0.15, 0.2) is 36.4 Å². The van der Waals surface area contributed by atoms with Gasteiger partial charge >= 0.3 is 0 Å². The highest BCUT2D eigenvalue weighted by molar-refractivity contribution is 6.31. The van der Waals surface area contributed by atoms with Crippen molar-refractivity contribution in [2.75, 3.05) is 5.32 Å². The molecule has 1 heterocycles. The first kappa shape index (κ1) is 13.2. The molecular weight excluding hydrogens is 270 g/mol. The molecule has 0 aliphatic carbocycles. The standard InChI is InChI=1S/C17H16ClNO/c1-10-3-4-11(2)12(7-10)8-15-14-9-13(18)5-6-16(14)19-17(15)20/h3-7,9,15H,8H2,1-2H3,(H,19,20). The third-order valence-electron chi connectivity index (χ3n) is 3.89. The molecule has 0 saturated heterocycles. The summed E-state index contributed by atoms with van der Waals surface area (Å²) in [6.45, 7) is 4.16. The summed E-state index contributed by atoms with van der Waals surface area (Å²) in [6.07, 6.45) is 0.715. The Kier molecular flexibility index (Phi) is 3.27. The van der Waals surface area contributed by atoms with E-state index in [0.717, 1.165) is 11.3 Å². The zero-order valence-corrected chi connectivity index (χ0v) is 12.3. The molecule has 20 heavy (non-hydrogen) atoms. The van der Waals surface area contributed by atoms with Gasteiger partial charge in [0.15, 0.2) is 0 Å². The number of fused-ring (bicyclic) bond motifs is 1. The molecule has 3 rings (SSSR count). The Labute approximate surface area is 123 Å². The second kappa shape index (κ2) is 4.95. The average Bonchev–Trinajstić information content (AvgIpc) is 2.70. The molecule has 0 fully saturated rings. The molecule has 2 nitrogen and oxygen atoms in total. The number of benzene rings is 2. The molecule has 0 radical (unpaired) electrons. The second-order valence-electron chi connectivity index (χ2n) is 5.41. The van der Waals surface area contributed by atoms with Gasteiger partial charge in [0.25, 0.3) is 0 Å². The van der Waals surface area contributed by atoms with Crippen LogP contribution in [0.2, 0.25) is 5.02 Å². The van der Waals surface area contributed by atoms with Crippen molar-refractivity contribution < 1.29 is 4.79 Å². The van der Waals surface area contributed by atoms with Crippen LogP contribution >= 0.6 is 11.6 Å². The van der Waals surface area contributed by atoms with Crippen LogP contribution in [0.3, 0.4) is 0 Å². The molecule has 1 aliphatic heterocycles. The molecule has 102 valence electrons. The number of carbonyl (C=O) groups excluding carboxylic acids is 1. The van der Waals surface area contributed by atoms with Crippen LogP contribution in [0.5, 0.6) is 0 Å². The zero-order chi connectivity index (χ0) is 14.3. The Morgan fingerprint density at radius 3 is 2.75 bits per heavy atom. The summed E-state index contributed by atoms with van der Waals surface area (Å²) < 4.78 is 0. The van der Waals surface area contributed by atoms with Gasteiger partial charge in [-0.15, -0.1) is 0 Å². The van der Waals surface area contributed by atoms with Crippen molar-refractivity contribution in [3.63, 3.8) is 0 Å². The average molecular weight is 286 g/mol. The molecule has 0 spiro atoms. The molecule has 1 unspecified atom stereocenters.